The Morgan fingerprint density at radius 2 is 2.06 bits per heavy atom. The molecule has 0 bridgehead atoms. The van der Waals surface area contributed by atoms with Crippen molar-refractivity contribution in [1.82, 2.24) is 4.90 Å². The molecule has 1 saturated heterocycles. The maximum absolute atomic E-state index is 6.20. The van der Waals surface area contributed by atoms with Gasteiger partial charge in [-0.2, -0.15) is 0 Å². The van der Waals surface area contributed by atoms with Gasteiger partial charge in [0.15, 0.2) is 0 Å². The predicted molar refractivity (Wildman–Crippen MR) is 74.9 cm³/mol. The Hall–Kier alpha value is -0.730. The zero-order valence-electron chi connectivity index (χ0n) is 10.7. The summed E-state index contributed by atoms with van der Waals surface area (Å²) in [5, 5.41) is 4.35. The van der Waals surface area contributed by atoms with Gasteiger partial charge in [0.05, 0.1) is 10.7 Å². The van der Waals surface area contributed by atoms with E-state index in [1.165, 1.54) is 31.5 Å². The lowest BCUT2D eigenvalue weighted by atomic mass is 9.97. The largest absolute Gasteiger partial charge is 0.383 e. The lowest BCUT2D eigenvalue weighted by Gasteiger charge is -2.29. The van der Waals surface area contributed by atoms with Gasteiger partial charge < -0.3 is 10.2 Å². The maximum atomic E-state index is 6.20. The molecule has 2 rings (SSSR count). The van der Waals surface area contributed by atoms with Crippen LogP contribution in [0.25, 0.3) is 0 Å². The monoisotopic (exact) mass is 252 g/mol. The standard InChI is InChI=1S/C14H21ClN2/c1-11-4-3-5-13(15)14(11)16-10-12-6-8-17(2)9-7-12/h3-5,12,16H,6-10H2,1-2H3. The Bertz CT molecular complexity index is 350. The van der Waals surface area contributed by atoms with Crippen LogP contribution >= 0.6 is 11.6 Å². The maximum Gasteiger partial charge on any atom is 0.0640 e. The number of hydrogen-bond donors (Lipinski definition) is 1. The summed E-state index contributed by atoms with van der Waals surface area (Å²) in [4.78, 5) is 2.40. The topological polar surface area (TPSA) is 15.3 Å². The minimum Gasteiger partial charge on any atom is -0.383 e. The molecule has 1 N–H and O–H groups in total. The highest BCUT2D eigenvalue weighted by Crippen LogP contribution is 2.26. The van der Waals surface area contributed by atoms with Crippen molar-refractivity contribution in [3.8, 4) is 0 Å². The Morgan fingerprint density at radius 1 is 1.35 bits per heavy atom. The van der Waals surface area contributed by atoms with E-state index in [1.54, 1.807) is 0 Å². The van der Waals surface area contributed by atoms with Gasteiger partial charge in [0.25, 0.3) is 0 Å². The molecule has 94 valence electrons. The van der Waals surface area contributed by atoms with Gasteiger partial charge in [-0.3, -0.25) is 0 Å². The third-order valence-electron chi connectivity index (χ3n) is 3.63. The Labute approximate surface area is 109 Å². The number of nitrogens with zero attached hydrogens (tertiary/aromatic N) is 1. The third kappa shape index (κ3) is 3.36. The molecule has 1 aliphatic heterocycles. The summed E-state index contributed by atoms with van der Waals surface area (Å²) in [6.07, 6.45) is 2.57. The Kier molecular flexibility index (Phi) is 4.30. The van der Waals surface area contributed by atoms with Crippen LogP contribution in [0, 0.1) is 12.8 Å². The molecule has 1 aromatic rings. The van der Waals surface area contributed by atoms with Gasteiger partial charge in [0.1, 0.15) is 0 Å². The van der Waals surface area contributed by atoms with Crippen LogP contribution in [0.1, 0.15) is 18.4 Å². The number of rotatable bonds is 3. The number of aryl methyl sites for hydroxylation is 1. The number of benzene rings is 1. The highest BCUT2D eigenvalue weighted by atomic mass is 35.5. The van der Waals surface area contributed by atoms with Crippen LogP contribution < -0.4 is 5.32 Å². The molecule has 0 saturated carbocycles. The van der Waals surface area contributed by atoms with E-state index in [-0.39, 0.29) is 0 Å². The van der Waals surface area contributed by atoms with Crippen LogP contribution in [-0.4, -0.2) is 31.6 Å². The fraction of sp³-hybridized carbons (Fsp3) is 0.571. The fourth-order valence-electron chi connectivity index (χ4n) is 2.37. The molecule has 3 heteroatoms. The first-order valence-corrected chi connectivity index (χ1v) is 6.72. The molecule has 0 radical (unpaired) electrons. The molecule has 0 unspecified atom stereocenters. The van der Waals surface area contributed by atoms with Crippen LogP contribution in [0.3, 0.4) is 0 Å². The van der Waals surface area contributed by atoms with Crippen molar-refractivity contribution >= 4 is 17.3 Å². The van der Waals surface area contributed by atoms with Crippen molar-refractivity contribution in [2.45, 2.75) is 19.8 Å². The fourth-order valence-corrected chi connectivity index (χ4v) is 2.66. The minimum atomic E-state index is 0.780. The van der Waals surface area contributed by atoms with Gasteiger partial charge in [0, 0.05) is 6.54 Å². The second kappa shape index (κ2) is 5.74. The zero-order valence-corrected chi connectivity index (χ0v) is 11.4. The average Bonchev–Trinajstić information content (AvgIpc) is 2.31. The zero-order chi connectivity index (χ0) is 12.3. The molecule has 0 aliphatic carbocycles. The summed E-state index contributed by atoms with van der Waals surface area (Å²) in [6, 6.07) is 6.05. The summed E-state index contributed by atoms with van der Waals surface area (Å²) in [6.45, 7) is 5.57. The number of piperidine rings is 1. The molecule has 17 heavy (non-hydrogen) atoms. The summed E-state index contributed by atoms with van der Waals surface area (Å²) < 4.78 is 0. The second-order valence-electron chi connectivity index (χ2n) is 5.06. The van der Waals surface area contributed by atoms with E-state index in [9.17, 15) is 0 Å². The van der Waals surface area contributed by atoms with E-state index < -0.39 is 0 Å². The van der Waals surface area contributed by atoms with E-state index in [1.807, 2.05) is 12.1 Å². The van der Waals surface area contributed by atoms with Crippen molar-refractivity contribution in [2.75, 3.05) is 32.0 Å². The van der Waals surface area contributed by atoms with Crippen molar-refractivity contribution < 1.29 is 0 Å². The van der Waals surface area contributed by atoms with Gasteiger partial charge in [-0.1, -0.05) is 23.7 Å². The molecule has 0 amide bonds. The molecule has 1 aromatic carbocycles. The highest BCUT2D eigenvalue weighted by Gasteiger charge is 2.16. The van der Waals surface area contributed by atoms with Crippen molar-refractivity contribution in [2.24, 2.45) is 5.92 Å². The van der Waals surface area contributed by atoms with Crippen LogP contribution in [-0.2, 0) is 0 Å². The molecule has 0 spiro atoms. The van der Waals surface area contributed by atoms with Gasteiger partial charge in [-0.15, -0.1) is 0 Å². The molecule has 1 fully saturated rings. The summed E-state index contributed by atoms with van der Waals surface area (Å²) in [5.41, 5.74) is 2.33. The lowest BCUT2D eigenvalue weighted by molar-refractivity contribution is 0.226. The number of nitrogens with one attached hydrogen (secondary N) is 1. The van der Waals surface area contributed by atoms with Crippen LogP contribution in [0.5, 0.6) is 0 Å². The Morgan fingerprint density at radius 3 is 2.71 bits per heavy atom. The summed E-state index contributed by atoms with van der Waals surface area (Å²) in [7, 11) is 2.20. The van der Waals surface area contributed by atoms with E-state index in [4.69, 9.17) is 11.6 Å². The summed E-state index contributed by atoms with van der Waals surface area (Å²) in [5.74, 6) is 0.780. The molecule has 0 aromatic heterocycles. The van der Waals surface area contributed by atoms with Gasteiger partial charge >= 0.3 is 0 Å². The van der Waals surface area contributed by atoms with Crippen LogP contribution in [0.15, 0.2) is 18.2 Å². The molecular weight excluding hydrogens is 232 g/mol. The van der Waals surface area contributed by atoms with Crippen molar-refractivity contribution in [1.29, 1.82) is 0 Å². The van der Waals surface area contributed by atoms with Gasteiger partial charge in [-0.05, 0) is 57.5 Å². The van der Waals surface area contributed by atoms with E-state index in [0.717, 1.165) is 23.2 Å². The minimum absolute atomic E-state index is 0.780. The van der Waals surface area contributed by atoms with Gasteiger partial charge in [-0.25, -0.2) is 0 Å². The molecule has 1 aliphatic rings. The third-order valence-corrected chi connectivity index (χ3v) is 3.94. The first-order chi connectivity index (χ1) is 8.16. The number of halogens is 1. The number of anilines is 1. The van der Waals surface area contributed by atoms with Gasteiger partial charge in [0.2, 0.25) is 0 Å². The smallest absolute Gasteiger partial charge is 0.0640 e. The Balaban J connectivity index is 1.89. The average molecular weight is 253 g/mol. The number of likely N-dealkylation sites (tertiary alicyclic amines) is 1. The number of hydrogen-bond acceptors (Lipinski definition) is 2. The van der Waals surface area contributed by atoms with E-state index in [0.29, 0.717) is 0 Å². The van der Waals surface area contributed by atoms with Crippen molar-refractivity contribution in [3.63, 3.8) is 0 Å². The predicted octanol–water partition coefficient (Wildman–Crippen LogP) is 3.40. The molecular formula is C14H21ClN2. The first kappa shape index (κ1) is 12.7. The molecule has 2 nitrogen and oxygen atoms in total. The molecule has 1 heterocycles. The molecule has 0 atom stereocenters. The highest BCUT2D eigenvalue weighted by molar-refractivity contribution is 6.33. The number of para-hydroxylation sites is 1. The summed E-state index contributed by atoms with van der Waals surface area (Å²) >= 11 is 6.20. The quantitative estimate of drug-likeness (QED) is 0.887. The van der Waals surface area contributed by atoms with E-state index >= 15 is 0 Å². The lowest BCUT2D eigenvalue weighted by Crippen LogP contribution is -2.33. The van der Waals surface area contributed by atoms with Crippen LogP contribution in [0.2, 0.25) is 5.02 Å². The SMILES string of the molecule is Cc1cccc(Cl)c1NCC1CCN(C)CC1. The normalized spacial score (nSPS) is 18.3. The van der Waals surface area contributed by atoms with Crippen LogP contribution in [0.4, 0.5) is 5.69 Å². The first-order valence-electron chi connectivity index (χ1n) is 6.34. The second-order valence-corrected chi connectivity index (χ2v) is 5.47. The van der Waals surface area contributed by atoms with E-state index in [2.05, 4.69) is 30.3 Å². The van der Waals surface area contributed by atoms with Crippen molar-refractivity contribution in [3.05, 3.63) is 28.8 Å².